The zero-order valence-corrected chi connectivity index (χ0v) is 27.5. The Balaban J connectivity index is 1.16. The Hall–Kier alpha value is -6.91. The average molecular weight is 655 g/mol. The summed E-state index contributed by atoms with van der Waals surface area (Å²) in [5.74, 6) is 0.584. The minimum atomic E-state index is 0.584. The fraction of sp³-hybridized carbons (Fsp3) is 0. The molecule has 4 heteroatoms. The van der Waals surface area contributed by atoms with Crippen LogP contribution in [0.3, 0.4) is 0 Å². The summed E-state index contributed by atoms with van der Waals surface area (Å²) in [5.41, 5.74) is 11.6. The van der Waals surface area contributed by atoms with Crippen LogP contribution in [0, 0.1) is 0 Å². The van der Waals surface area contributed by atoms with Crippen LogP contribution in [0.5, 0.6) is 0 Å². The van der Waals surface area contributed by atoms with E-state index < -0.39 is 0 Å². The maximum absolute atomic E-state index is 6.40. The SMILES string of the molecule is c1ccc(-c2cccc(N(c3ccc(-c4c5nc(-c6ccccc6)oc5cc5oc6ccccc6c45)cc3)c3ccc4ccccc4c3)c2)cc1. The first-order valence-electron chi connectivity index (χ1n) is 17.1. The van der Waals surface area contributed by atoms with E-state index in [1.54, 1.807) is 0 Å². The molecule has 0 aliphatic rings. The van der Waals surface area contributed by atoms with Gasteiger partial charge in [0.2, 0.25) is 5.89 Å². The topological polar surface area (TPSA) is 42.4 Å². The third kappa shape index (κ3) is 5.04. The Labute approximate surface area is 294 Å². The van der Waals surface area contributed by atoms with E-state index in [2.05, 4.69) is 138 Å². The van der Waals surface area contributed by atoms with Crippen LogP contribution in [0.15, 0.2) is 191 Å². The highest BCUT2D eigenvalue weighted by Gasteiger charge is 2.22. The highest BCUT2D eigenvalue weighted by Crippen LogP contribution is 2.44. The molecule has 51 heavy (non-hydrogen) atoms. The molecule has 0 saturated carbocycles. The van der Waals surface area contributed by atoms with E-state index in [0.29, 0.717) is 11.5 Å². The van der Waals surface area contributed by atoms with E-state index in [1.165, 1.54) is 16.3 Å². The van der Waals surface area contributed by atoms with Crippen molar-refractivity contribution in [2.45, 2.75) is 0 Å². The molecule has 0 bridgehead atoms. The number of para-hydroxylation sites is 1. The predicted molar refractivity (Wildman–Crippen MR) is 210 cm³/mol. The molecular formula is C47H30N2O2. The minimum Gasteiger partial charge on any atom is -0.456 e. The van der Waals surface area contributed by atoms with Crippen LogP contribution in [0.1, 0.15) is 0 Å². The number of oxazole rings is 1. The number of hydrogen-bond donors (Lipinski definition) is 0. The molecule has 0 fully saturated rings. The summed E-state index contributed by atoms with van der Waals surface area (Å²) < 4.78 is 12.8. The van der Waals surface area contributed by atoms with E-state index in [1.807, 2.05) is 48.5 Å². The third-order valence-electron chi connectivity index (χ3n) is 9.66. The smallest absolute Gasteiger partial charge is 0.227 e. The number of anilines is 3. The summed E-state index contributed by atoms with van der Waals surface area (Å²) in [7, 11) is 0. The first-order chi connectivity index (χ1) is 25.3. The van der Waals surface area contributed by atoms with E-state index in [-0.39, 0.29) is 0 Å². The van der Waals surface area contributed by atoms with Crippen LogP contribution in [0.4, 0.5) is 17.1 Å². The Morgan fingerprint density at radius 1 is 0.392 bits per heavy atom. The monoisotopic (exact) mass is 654 g/mol. The molecule has 240 valence electrons. The summed E-state index contributed by atoms with van der Waals surface area (Å²) >= 11 is 0. The minimum absolute atomic E-state index is 0.584. The van der Waals surface area contributed by atoms with Crippen molar-refractivity contribution < 1.29 is 8.83 Å². The fourth-order valence-corrected chi connectivity index (χ4v) is 7.25. The molecule has 4 nitrogen and oxygen atoms in total. The van der Waals surface area contributed by atoms with Crippen LogP contribution in [-0.2, 0) is 0 Å². The van der Waals surface area contributed by atoms with Crippen molar-refractivity contribution in [3.8, 4) is 33.7 Å². The quantitative estimate of drug-likeness (QED) is 0.179. The van der Waals surface area contributed by atoms with E-state index in [9.17, 15) is 0 Å². The molecule has 0 aliphatic carbocycles. The van der Waals surface area contributed by atoms with Crippen LogP contribution in [-0.4, -0.2) is 4.98 Å². The number of nitrogens with zero attached hydrogens (tertiary/aromatic N) is 2. The zero-order valence-electron chi connectivity index (χ0n) is 27.5. The Morgan fingerprint density at radius 2 is 1.06 bits per heavy atom. The van der Waals surface area contributed by atoms with Gasteiger partial charge >= 0.3 is 0 Å². The highest BCUT2D eigenvalue weighted by atomic mass is 16.4. The second-order valence-electron chi connectivity index (χ2n) is 12.8. The van der Waals surface area contributed by atoms with Gasteiger partial charge in [0.25, 0.3) is 0 Å². The third-order valence-corrected chi connectivity index (χ3v) is 9.66. The normalized spacial score (nSPS) is 11.5. The molecule has 0 N–H and O–H groups in total. The predicted octanol–water partition coefficient (Wildman–Crippen LogP) is 13.4. The lowest BCUT2D eigenvalue weighted by Gasteiger charge is -2.26. The van der Waals surface area contributed by atoms with Gasteiger partial charge in [0.1, 0.15) is 16.7 Å². The zero-order chi connectivity index (χ0) is 33.7. The van der Waals surface area contributed by atoms with Crippen molar-refractivity contribution in [3.05, 3.63) is 182 Å². The summed E-state index contributed by atoms with van der Waals surface area (Å²) in [6, 6.07) is 63.4. The van der Waals surface area contributed by atoms with Gasteiger partial charge in [-0.2, -0.15) is 0 Å². The van der Waals surface area contributed by atoms with E-state index >= 15 is 0 Å². The van der Waals surface area contributed by atoms with Crippen molar-refractivity contribution in [2.24, 2.45) is 0 Å². The van der Waals surface area contributed by atoms with Gasteiger partial charge < -0.3 is 13.7 Å². The first kappa shape index (κ1) is 29.0. The average Bonchev–Trinajstić information content (AvgIpc) is 3.80. The molecule has 10 rings (SSSR count). The molecule has 0 atom stereocenters. The Bertz CT molecular complexity index is 2850. The number of fused-ring (bicyclic) bond motifs is 5. The molecule has 0 aliphatic heterocycles. The lowest BCUT2D eigenvalue weighted by molar-refractivity contribution is 0.617. The summed E-state index contributed by atoms with van der Waals surface area (Å²) in [4.78, 5) is 7.43. The van der Waals surface area contributed by atoms with E-state index in [0.717, 1.165) is 66.8 Å². The Kier molecular flexibility index (Phi) is 6.78. The Morgan fingerprint density at radius 3 is 1.88 bits per heavy atom. The molecule has 0 amide bonds. The fourth-order valence-electron chi connectivity index (χ4n) is 7.25. The van der Waals surface area contributed by atoms with Crippen LogP contribution >= 0.6 is 0 Å². The highest BCUT2D eigenvalue weighted by molar-refractivity contribution is 6.19. The maximum Gasteiger partial charge on any atom is 0.227 e. The van der Waals surface area contributed by atoms with E-state index in [4.69, 9.17) is 13.8 Å². The molecule has 0 saturated heterocycles. The van der Waals surface area contributed by atoms with Gasteiger partial charge in [-0.05, 0) is 82.1 Å². The molecule has 0 spiro atoms. The van der Waals surface area contributed by atoms with Gasteiger partial charge in [0, 0.05) is 45.0 Å². The van der Waals surface area contributed by atoms with Gasteiger partial charge in [-0.25, -0.2) is 4.98 Å². The number of aromatic nitrogens is 1. The van der Waals surface area contributed by atoms with Crippen molar-refractivity contribution in [3.63, 3.8) is 0 Å². The largest absolute Gasteiger partial charge is 0.456 e. The lowest BCUT2D eigenvalue weighted by Crippen LogP contribution is -2.10. The lowest BCUT2D eigenvalue weighted by atomic mass is 9.97. The van der Waals surface area contributed by atoms with Crippen molar-refractivity contribution in [2.75, 3.05) is 4.90 Å². The first-order valence-corrected chi connectivity index (χ1v) is 17.1. The van der Waals surface area contributed by atoms with Crippen LogP contribution in [0.25, 0.3) is 77.5 Å². The molecule has 2 heterocycles. The summed E-state index contributed by atoms with van der Waals surface area (Å²) in [6.45, 7) is 0. The number of furan rings is 1. The molecule has 8 aromatic carbocycles. The molecular weight excluding hydrogens is 625 g/mol. The molecule has 10 aromatic rings. The second kappa shape index (κ2) is 11.9. The van der Waals surface area contributed by atoms with Crippen molar-refractivity contribution in [1.29, 1.82) is 0 Å². The standard InChI is InChI=1S/C47H30N2O2/c1-3-12-31(13-4-1)36-18-11-19-38(28-36)49(39-27-22-32-14-7-8-17-35(32)29-39)37-25-23-33(24-26-37)44-45-40-20-9-10-21-41(40)50-42(45)30-43-46(44)48-47(51-43)34-15-5-2-6-16-34/h1-30H. The maximum atomic E-state index is 6.40. The van der Waals surface area contributed by atoms with Gasteiger partial charge in [0.15, 0.2) is 5.58 Å². The molecule has 0 unspecified atom stereocenters. The van der Waals surface area contributed by atoms with Gasteiger partial charge in [-0.3, -0.25) is 0 Å². The van der Waals surface area contributed by atoms with Crippen LogP contribution < -0.4 is 4.90 Å². The summed E-state index contributed by atoms with van der Waals surface area (Å²) in [5, 5.41) is 4.48. The van der Waals surface area contributed by atoms with Crippen molar-refractivity contribution >= 4 is 60.9 Å². The van der Waals surface area contributed by atoms with Gasteiger partial charge in [-0.1, -0.05) is 121 Å². The number of benzene rings is 8. The molecule has 0 radical (unpaired) electrons. The second-order valence-corrected chi connectivity index (χ2v) is 12.8. The molecule has 2 aromatic heterocycles. The van der Waals surface area contributed by atoms with Crippen molar-refractivity contribution in [1.82, 2.24) is 4.98 Å². The summed E-state index contributed by atoms with van der Waals surface area (Å²) in [6.07, 6.45) is 0. The van der Waals surface area contributed by atoms with Crippen LogP contribution in [0.2, 0.25) is 0 Å². The number of rotatable bonds is 6. The van der Waals surface area contributed by atoms with Gasteiger partial charge in [-0.15, -0.1) is 0 Å². The van der Waals surface area contributed by atoms with Gasteiger partial charge in [0.05, 0.1) is 0 Å². The number of hydrogen-bond acceptors (Lipinski definition) is 4.